The van der Waals surface area contributed by atoms with Crippen molar-refractivity contribution in [2.45, 2.75) is 13.3 Å². The quantitative estimate of drug-likeness (QED) is 0.581. The van der Waals surface area contributed by atoms with Crippen LogP contribution >= 0.6 is 0 Å². The van der Waals surface area contributed by atoms with Gasteiger partial charge in [-0.2, -0.15) is 5.26 Å². The second-order valence-corrected chi connectivity index (χ2v) is 6.50. The molecule has 1 fully saturated rings. The van der Waals surface area contributed by atoms with Crippen molar-refractivity contribution >= 4 is 11.8 Å². The van der Waals surface area contributed by atoms with Gasteiger partial charge >= 0.3 is 5.97 Å². The summed E-state index contributed by atoms with van der Waals surface area (Å²) in [6.45, 7) is 6.90. The highest BCUT2D eigenvalue weighted by atomic mass is 19.1. The van der Waals surface area contributed by atoms with Gasteiger partial charge in [-0.3, -0.25) is 4.90 Å². The van der Waals surface area contributed by atoms with E-state index in [0.29, 0.717) is 0 Å². The fraction of sp³-hybridized carbons (Fsp3) is 0.350. The van der Waals surface area contributed by atoms with E-state index in [2.05, 4.69) is 21.7 Å². The second-order valence-electron chi connectivity index (χ2n) is 6.50. The first kappa shape index (κ1) is 19.7. The Morgan fingerprint density at radius 3 is 2.43 bits per heavy atom. The summed E-state index contributed by atoms with van der Waals surface area (Å²) in [4.78, 5) is 21.1. The van der Waals surface area contributed by atoms with Gasteiger partial charge < -0.3 is 9.64 Å². The summed E-state index contributed by atoms with van der Waals surface area (Å²) in [5, 5.41) is 8.67. The maximum atomic E-state index is 13.6. The zero-order chi connectivity index (χ0) is 20.1. The van der Waals surface area contributed by atoms with Gasteiger partial charge in [0, 0.05) is 44.5 Å². The number of pyridine rings is 1. The molecule has 1 aromatic carbocycles. The molecule has 1 aromatic heterocycles. The first-order valence-corrected chi connectivity index (χ1v) is 9.06. The van der Waals surface area contributed by atoms with E-state index in [9.17, 15) is 13.6 Å². The average Bonchev–Trinajstić information content (AvgIpc) is 2.69. The number of piperazine rings is 1. The first-order chi connectivity index (χ1) is 13.5. The van der Waals surface area contributed by atoms with E-state index in [4.69, 9.17) is 10.00 Å². The van der Waals surface area contributed by atoms with Crippen molar-refractivity contribution in [1.29, 1.82) is 5.26 Å². The standard InChI is InChI=1S/C20H20F2N4O2/c1-2-5-25-6-8-26(9-7-25)19-4-3-14(13-24-19)20(27)28-15-10-17(21)16(12-23)18(22)11-15/h3-4,10-11,13H,2,5-9H2,1H3. The van der Waals surface area contributed by atoms with Crippen LogP contribution in [0.5, 0.6) is 5.75 Å². The molecule has 0 radical (unpaired) electrons. The minimum atomic E-state index is -1.08. The van der Waals surface area contributed by atoms with Gasteiger partial charge in [-0.25, -0.2) is 18.6 Å². The zero-order valence-corrected chi connectivity index (χ0v) is 15.5. The summed E-state index contributed by atoms with van der Waals surface area (Å²) in [6.07, 6.45) is 2.51. The molecule has 2 aromatic rings. The third-order valence-electron chi connectivity index (χ3n) is 4.56. The number of anilines is 1. The van der Waals surface area contributed by atoms with Crippen molar-refractivity contribution in [3.8, 4) is 11.8 Å². The largest absolute Gasteiger partial charge is 0.423 e. The number of nitrogens with zero attached hydrogens (tertiary/aromatic N) is 4. The van der Waals surface area contributed by atoms with Crippen molar-refractivity contribution < 1.29 is 18.3 Å². The lowest BCUT2D eigenvalue weighted by Gasteiger charge is -2.35. The molecule has 0 saturated carbocycles. The minimum Gasteiger partial charge on any atom is -0.423 e. The maximum absolute atomic E-state index is 13.6. The van der Waals surface area contributed by atoms with Crippen LogP contribution in [0.1, 0.15) is 29.3 Å². The highest BCUT2D eigenvalue weighted by Crippen LogP contribution is 2.21. The van der Waals surface area contributed by atoms with Gasteiger partial charge in [-0.1, -0.05) is 6.92 Å². The van der Waals surface area contributed by atoms with Crippen molar-refractivity contribution in [3.05, 3.63) is 53.2 Å². The lowest BCUT2D eigenvalue weighted by molar-refractivity contribution is 0.0733. The summed E-state index contributed by atoms with van der Waals surface area (Å²) in [6, 6.07) is 6.32. The summed E-state index contributed by atoms with van der Waals surface area (Å²) in [5.41, 5.74) is -0.552. The normalized spacial score (nSPS) is 14.6. The maximum Gasteiger partial charge on any atom is 0.345 e. The van der Waals surface area contributed by atoms with Crippen LogP contribution in [0, 0.1) is 23.0 Å². The molecular formula is C20H20F2N4O2. The van der Waals surface area contributed by atoms with Gasteiger partial charge in [0.15, 0.2) is 0 Å². The van der Waals surface area contributed by atoms with E-state index in [1.54, 1.807) is 12.1 Å². The van der Waals surface area contributed by atoms with Crippen LogP contribution in [0.25, 0.3) is 0 Å². The molecule has 0 aliphatic carbocycles. The number of aromatic nitrogens is 1. The van der Waals surface area contributed by atoms with Gasteiger partial charge in [-0.05, 0) is 25.1 Å². The first-order valence-electron chi connectivity index (χ1n) is 9.06. The summed E-state index contributed by atoms with van der Waals surface area (Å²) in [7, 11) is 0. The van der Waals surface area contributed by atoms with Crippen molar-refractivity contribution in [1.82, 2.24) is 9.88 Å². The van der Waals surface area contributed by atoms with Crippen molar-refractivity contribution in [2.75, 3.05) is 37.6 Å². The average molecular weight is 386 g/mol. The number of benzene rings is 1. The molecular weight excluding hydrogens is 366 g/mol. The number of halogens is 2. The molecule has 28 heavy (non-hydrogen) atoms. The number of hydrogen-bond donors (Lipinski definition) is 0. The predicted octanol–water partition coefficient (Wildman–Crippen LogP) is 2.98. The van der Waals surface area contributed by atoms with Crippen LogP contribution in [-0.4, -0.2) is 48.6 Å². The third kappa shape index (κ3) is 4.43. The number of esters is 1. The van der Waals surface area contributed by atoms with Gasteiger partial charge in [0.2, 0.25) is 0 Å². The van der Waals surface area contributed by atoms with Crippen molar-refractivity contribution in [3.63, 3.8) is 0 Å². The lowest BCUT2D eigenvalue weighted by atomic mass is 10.2. The number of carbonyl (C=O) groups excluding carboxylic acids is 1. The fourth-order valence-electron chi connectivity index (χ4n) is 3.09. The fourth-order valence-corrected chi connectivity index (χ4v) is 3.09. The number of ether oxygens (including phenoxy) is 1. The summed E-state index contributed by atoms with van der Waals surface area (Å²) >= 11 is 0. The molecule has 0 unspecified atom stereocenters. The monoisotopic (exact) mass is 386 g/mol. The van der Waals surface area contributed by atoms with E-state index >= 15 is 0 Å². The van der Waals surface area contributed by atoms with Crippen LogP contribution in [0.4, 0.5) is 14.6 Å². The molecule has 1 aliphatic rings. The SMILES string of the molecule is CCCN1CCN(c2ccc(C(=O)Oc3cc(F)c(C#N)c(F)c3)cn2)CC1. The van der Waals surface area contributed by atoms with Crippen LogP contribution in [0.2, 0.25) is 0 Å². The molecule has 3 rings (SSSR count). The molecule has 0 amide bonds. The number of carbonyl (C=O) groups is 1. The summed E-state index contributed by atoms with van der Waals surface area (Å²) in [5.74, 6) is -2.49. The number of rotatable bonds is 5. The molecule has 0 N–H and O–H groups in total. The van der Waals surface area contributed by atoms with Gasteiger partial charge in [0.1, 0.15) is 34.8 Å². The van der Waals surface area contributed by atoms with E-state index in [-0.39, 0.29) is 11.3 Å². The van der Waals surface area contributed by atoms with Crippen LogP contribution in [0.3, 0.4) is 0 Å². The molecule has 1 saturated heterocycles. The Bertz CT molecular complexity index is 865. The number of nitriles is 1. The topological polar surface area (TPSA) is 69.5 Å². The smallest absolute Gasteiger partial charge is 0.345 e. The van der Waals surface area contributed by atoms with E-state index < -0.39 is 23.2 Å². The van der Waals surface area contributed by atoms with Crippen LogP contribution in [-0.2, 0) is 0 Å². The molecule has 8 heteroatoms. The third-order valence-corrected chi connectivity index (χ3v) is 4.56. The molecule has 6 nitrogen and oxygen atoms in total. The Morgan fingerprint density at radius 2 is 1.89 bits per heavy atom. The highest BCUT2D eigenvalue weighted by Gasteiger charge is 2.19. The number of hydrogen-bond acceptors (Lipinski definition) is 6. The van der Waals surface area contributed by atoms with E-state index in [1.165, 1.54) is 12.3 Å². The van der Waals surface area contributed by atoms with Crippen LogP contribution < -0.4 is 9.64 Å². The Morgan fingerprint density at radius 1 is 1.21 bits per heavy atom. The Labute approximate surface area is 162 Å². The second kappa shape index (κ2) is 8.76. The minimum absolute atomic E-state index is 0.165. The van der Waals surface area contributed by atoms with Crippen molar-refractivity contribution in [2.24, 2.45) is 0 Å². The molecule has 2 heterocycles. The van der Waals surface area contributed by atoms with Gasteiger partial charge in [0.05, 0.1) is 5.56 Å². The molecule has 0 bridgehead atoms. The zero-order valence-electron chi connectivity index (χ0n) is 15.5. The predicted molar refractivity (Wildman–Crippen MR) is 99.2 cm³/mol. The highest BCUT2D eigenvalue weighted by molar-refractivity contribution is 5.90. The Kier molecular flexibility index (Phi) is 6.16. The Hall–Kier alpha value is -3.05. The molecule has 0 atom stereocenters. The van der Waals surface area contributed by atoms with Gasteiger partial charge in [0.25, 0.3) is 0 Å². The Balaban J connectivity index is 1.64. The van der Waals surface area contributed by atoms with E-state index in [1.807, 2.05) is 0 Å². The lowest BCUT2D eigenvalue weighted by Crippen LogP contribution is -2.46. The molecule has 1 aliphatic heterocycles. The molecule has 0 spiro atoms. The van der Waals surface area contributed by atoms with Crippen LogP contribution in [0.15, 0.2) is 30.5 Å². The van der Waals surface area contributed by atoms with Gasteiger partial charge in [-0.15, -0.1) is 0 Å². The molecule has 146 valence electrons. The summed E-state index contributed by atoms with van der Waals surface area (Å²) < 4.78 is 32.2. The van der Waals surface area contributed by atoms with E-state index in [0.717, 1.165) is 57.1 Å².